The molecule has 0 radical (unpaired) electrons. The van der Waals surface area contributed by atoms with Gasteiger partial charge in [-0.2, -0.15) is 5.10 Å². The van der Waals surface area contributed by atoms with Crippen molar-refractivity contribution < 1.29 is 4.79 Å². The molecule has 1 aromatic heterocycles. The first-order chi connectivity index (χ1) is 10.1. The first-order valence-corrected chi connectivity index (χ1v) is 7.75. The van der Waals surface area contributed by atoms with E-state index in [4.69, 9.17) is 11.6 Å². The van der Waals surface area contributed by atoms with Crippen LogP contribution in [0.1, 0.15) is 36.7 Å². The van der Waals surface area contributed by atoms with Gasteiger partial charge in [0.15, 0.2) is 0 Å². The summed E-state index contributed by atoms with van der Waals surface area (Å²) in [6.45, 7) is 2.02. The van der Waals surface area contributed by atoms with Crippen LogP contribution >= 0.6 is 11.6 Å². The SMILES string of the molecule is CCc1nn(C)c(CC(=O)C2(c3ccccc3)CC2)c1Cl. The Kier molecular flexibility index (Phi) is 3.62. The lowest BCUT2D eigenvalue weighted by Crippen LogP contribution is -2.23. The van der Waals surface area contributed by atoms with E-state index in [9.17, 15) is 4.79 Å². The third-order valence-corrected chi connectivity index (χ3v) is 4.88. The average molecular weight is 303 g/mol. The number of benzene rings is 1. The third-order valence-electron chi connectivity index (χ3n) is 4.44. The van der Waals surface area contributed by atoms with Gasteiger partial charge in [-0.25, -0.2) is 0 Å². The number of ketones is 1. The number of hydrogen-bond acceptors (Lipinski definition) is 2. The van der Waals surface area contributed by atoms with Gasteiger partial charge in [0.05, 0.1) is 28.2 Å². The van der Waals surface area contributed by atoms with Crippen LogP contribution in [0.4, 0.5) is 0 Å². The molecule has 21 heavy (non-hydrogen) atoms. The molecule has 3 rings (SSSR count). The maximum atomic E-state index is 12.8. The fourth-order valence-electron chi connectivity index (χ4n) is 2.94. The van der Waals surface area contributed by atoms with Gasteiger partial charge in [0, 0.05) is 7.05 Å². The molecule has 3 nitrogen and oxygen atoms in total. The van der Waals surface area contributed by atoms with Crippen LogP contribution in [-0.4, -0.2) is 15.6 Å². The Bertz CT molecular complexity index is 672. The molecule has 0 amide bonds. The largest absolute Gasteiger partial charge is 0.298 e. The van der Waals surface area contributed by atoms with Crippen molar-refractivity contribution in [2.45, 2.75) is 38.0 Å². The third kappa shape index (κ3) is 2.40. The van der Waals surface area contributed by atoms with Crippen LogP contribution in [0.3, 0.4) is 0 Å². The normalized spacial score (nSPS) is 16.0. The average Bonchev–Trinajstić information content (AvgIpc) is 3.27. The number of Topliss-reactive ketones (excluding diaryl/α,β-unsaturated/α-hetero) is 1. The van der Waals surface area contributed by atoms with Crippen LogP contribution in [-0.2, 0) is 30.1 Å². The molecule has 1 fully saturated rings. The summed E-state index contributed by atoms with van der Waals surface area (Å²) >= 11 is 6.35. The van der Waals surface area contributed by atoms with E-state index in [1.165, 1.54) is 0 Å². The predicted octanol–water partition coefficient (Wildman–Crippen LogP) is 3.48. The Morgan fingerprint density at radius 2 is 2.00 bits per heavy atom. The number of aryl methyl sites for hydroxylation is 2. The number of carbonyl (C=O) groups excluding carboxylic acids is 1. The fraction of sp³-hybridized carbons (Fsp3) is 0.412. The molecule has 0 atom stereocenters. The molecule has 1 aromatic carbocycles. The van der Waals surface area contributed by atoms with Gasteiger partial charge in [0.2, 0.25) is 0 Å². The number of halogens is 1. The molecule has 0 unspecified atom stereocenters. The first-order valence-electron chi connectivity index (χ1n) is 7.37. The highest BCUT2D eigenvalue weighted by Gasteiger charge is 2.50. The van der Waals surface area contributed by atoms with Crippen molar-refractivity contribution in [3.05, 3.63) is 52.3 Å². The van der Waals surface area contributed by atoms with E-state index in [0.717, 1.165) is 36.2 Å². The molecule has 0 bridgehead atoms. The molecule has 1 aliphatic carbocycles. The lowest BCUT2D eigenvalue weighted by molar-refractivity contribution is -0.120. The number of hydrogen-bond donors (Lipinski definition) is 0. The van der Waals surface area contributed by atoms with Crippen LogP contribution in [0, 0.1) is 0 Å². The number of nitrogens with zero attached hydrogens (tertiary/aromatic N) is 2. The van der Waals surface area contributed by atoms with Crippen molar-refractivity contribution in [1.82, 2.24) is 9.78 Å². The van der Waals surface area contributed by atoms with E-state index in [1.807, 2.05) is 44.3 Å². The summed E-state index contributed by atoms with van der Waals surface area (Å²) in [5.41, 5.74) is 2.54. The van der Waals surface area contributed by atoms with E-state index >= 15 is 0 Å². The molecule has 110 valence electrons. The zero-order chi connectivity index (χ0) is 15.0. The molecule has 1 heterocycles. The maximum Gasteiger partial charge on any atom is 0.149 e. The first kappa shape index (κ1) is 14.3. The molecule has 0 aliphatic heterocycles. The van der Waals surface area contributed by atoms with Crippen LogP contribution in [0.2, 0.25) is 5.02 Å². The second-order valence-electron chi connectivity index (χ2n) is 5.73. The monoisotopic (exact) mass is 302 g/mol. The zero-order valence-electron chi connectivity index (χ0n) is 12.4. The quantitative estimate of drug-likeness (QED) is 0.847. The molecular weight excluding hydrogens is 284 g/mol. The van der Waals surface area contributed by atoms with E-state index in [-0.39, 0.29) is 11.2 Å². The van der Waals surface area contributed by atoms with Gasteiger partial charge in [-0.15, -0.1) is 0 Å². The van der Waals surface area contributed by atoms with Crippen molar-refractivity contribution in [3.8, 4) is 0 Å². The Morgan fingerprint density at radius 1 is 1.33 bits per heavy atom. The van der Waals surface area contributed by atoms with E-state index < -0.39 is 0 Å². The van der Waals surface area contributed by atoms with Gasteiger partial charge in [-0.05, 0) is 24.8 Å². The highest BCUT2D eigenvalue weighted by Crippen LogP contribution is 2.49. The Labute approximate surface area is 129 Å². The summed E-state index contributed by atoms with van der Waals surface area (Å²) in [7, 11) is 1.86. The second-order valence-corrected chi connectivity index (χ2v) is 6.11. The molecule has 0 spiro atoms. The van der Waals surface area contributed by atoms with Gasteiger partial charge in [-0.1, -0.05) is 48.9 Å². The molecular formula is C17H19ClN2O. The minimum Gasteiger partial charge on any atom is -0.298 e. The highest BCUT2D eigenvalue weighted by atomic mass is 35.5. The van der Waals surface area contributed by atoms with Crippen molar-refractivity contribution in [2.24, 2.45) is 7.05 Å². The van der Waals surface area contributed by atoms with Crippen LogP contribution in [0.25, 0.3) is 0 Å². The predicted molar refractivity (Wildman–Crippen MR) is 83.7 cm³/mol. The summed E-state index contributed by atoms with van der Waals surface area (Å²) < 4.78 is 1.75. The minimum absolute atomic E-state index is 0.251. The van der Waals surface area contributed by atoms with Crippen molar-refractivity contribution in [3.63, 3.8) is 0 Å². The molecule has 0 saturated heterocycles. The van der Waals surface area contributed by atoms with E-state index in [1.54, 1.807) is 4.68 Å². The lowest BCUT2D eigenvalue weighted by Gasteiger charge is -2.14. The van der Waals surface area contributed by atoms with E-state index in [2.05, 4.69) is 5.10 Å². The molecule has 1 aliphatic rings. The Morgan fingerprint density at radius 3 is 2.52 bits per heavy atom. The topological polar surface area (TPSA) is 34.9 Å². The number of carbonyl (C=O) groups is 1. The highest BCUT2D eigenvalue weighted by molar-refractivity contribution is 6.32. The number of aromatic nitrogens is 2. The Balaban J connectivity index is 1.86. The standard InChI is InChI=1S/C17H19ClN2O/c1-3-13-16(18)14(20(2)19-13)11-15(21)17(9-10-17)12-7-5-4-6-8-12/h4-8H,3,9-11H2,1-2H3. The minimum atomic E-state index is -0.290. The van der Waals surface area contributed by atoms with Crippen LogP contribution in [0.5, 0.6) is 0 Å². The summed E-state index contributed by atoms with van der Waals surface area (Å²) in [5, 5.41) is 5.04. The van der Waals surface area contributed by atoms with Crippen LogP contribution < -0.4 is 0 Å². The van der Waals surface area contributed by atoms with Gasteiger partial charge < -0.3 is 0 Å². The molecule has 0 N–H and O–H groups in total. The van der Waals surface area contributed by atoms with Gasteiger partial charge >= 0.3 is 0 Å². The summed E-state index contributed by atoms with van der Waals surface area (Å²) in [6.07, 6.45) is 3.01. The molecule has 4 heteroatoms. The van der Waals surface area contributed by atoms with Crippen molar-refractivity contribution >= 4 is 17.4 Å². The molecule has 2 aromatic rings. The Hall–Kier alpha value is -1.61. The van der Waals surface area contributed by atoms with Crippen molar-refractivity contribution in [1.29, 1.82) is 0 Å². The lowest BCUT2D eigenvalue weighted by atomic mass is 9.89. The number of rotatable bonds is 5. The van der Waals surface area contributed by atoms with Gasteiger partial charge in [0.1, 0.15) is 5.78 Å². The van der Waals surface area contributed by atoms with Crippen molar-refractivity contribution in [2.75, 3.05) is 0 Å². The smallest absolute Gasteiger partial charge is 0.149 e. The zero-order valence-corrected chi connectivity index (χ0v) is 13.2. The molecule has 1 saturated carbocycles. The summed E-state index contributed by atoms with van der Waals surface area (Å²) in [4.78, 5) is 12.8. The maximum absolute atomic E-state index is 12.8. The van der Waals surface area contributed by atoms with Gasteiger partial charge in [0.25, 0.3) is 0 Å². The fourth-order valence-corrected chi connectivity index (χ4v) is 3.30. The summed E-state index contributed by atoms with van der Waals surface area (Å²) in [5.74, 6) is 0.251. The second kappa shape index (κ2) is 5.30. The van der Waals surface area contributed by atoms with Crippen LogP contribution in [0.15, 0.2) is 30.3 Å². The van der Waals surface area contributed by atoms with E-state index in [0.29, 0.717) is 11.4 Å². The summed E-state index contributed by atoms with van der Waals surface area (Å²) in [6, 6.07) is 10.1. The van der Waals surface area contributed by atoms with Gasteiger partial charge in [-0.3, -0.25) is 9.48 Å².